The van der Waals surface area contributed by atoms with E-state index in [0.29, 0.717) is 5.75 Å². The van der Waals surface area contributed by atoms with E-state index in [1.54, 1.807) is 30.1 Å². The molecule has 0 saturated heterocycles. The second-order valence-electron chi connectivity index (χ2n) is 4.93. The zero-order chi connectivity index (χ0) is 17.8. The number of carbonyl (C=O) groups is 1. The Morgan fingerprint density at radius 1 is 1.24 bits per heavy atom. The van der Waals surface area contributed by atoms with Crippen molar-refractivity contribution in [1.29, 1.82) is 0 Å². The topological polar surface area (TPSA) is 75.0 Å². The molecule has 0 radical (unpaired) electrons. The zero-order valence-electron chi connectivity index (χ0n) is 14.1. The molecule has 2 aromatic heterocycles. The van der Waals surface area contributed by atoms with E-state index in [4.69, 9.17) is 14.5 Å². The number of ether oxygens (including phenoxy) is 3. The van der Waals surface area contributed by atoms with Gasteiger partial charge in [-0.1, -0.05) is 18.7 Å². The van der Waals surface area contributed by atoms with Gasteiger partial charge in [-0.25, -0.2) is 14.8 Å². The Morgan fingerprint density at radius 3 is 2.80 bits per heavy atom. The molecule has 0 aliphatic heterocycles. The Bertz CT molecular complexity index is 910. The summed E-state index contributed by atoms with van der Waals surface area (Å²) in [5, 5.41) is 0.862. The maximum Gasteiger partial charge on any atom is 0.513 e. The van der Waals surface area contributed by atoms with E-state index >= 15 is 0 Å². The highest BCUT2D eigenvalue weighted by molar-refractivity contribution is 7.99. The van der Waals surface area contributed by atoms with Gasteiger partial charge in [-0.05, 0) is 24.0 Å². The van der Waals surface area contributed by atoms with Gasteiger partial charge < -0.3 is 14.2 Å². The van der Waals surface area contributed by atoms with Crippen LogP contribution in [0.3, 0.4) is 0 Å². The standard InChI is InChI=1S/C17H17N3O4S/c1-4-25-16-19-12(10-15-18-7-8-20(15)16)11-5-6-13(14(9-11)22-2)24-17(21)23-3/h5-10H,4H2,1-3H3. The minimum absolute atomic E-state index is 0.281. The van der Waals surface area contributed by atoms with E-state index in [9.17, 15) is 4.79 Å². The number of hydrogen-bond acceptors (Lipinski definition) is 7. The normalized spacial score (nSPS) is 10.7. The molecule has 0 fully saturated rings. The van der Waals surface area contributed by atoms with Crippen LogP contribution >= 0.6 is 11.8 Å². The number of hydrogen-bond donors (Lipinski definition) is 0. The van der Waals surface area contributed by atoms with Crippen molar-refractivity contribution in [1.82, 2.24) is 14.4 Å². The summed E-state index contributed by atoms with van der Waals surface area (Å²) in [5.74, 6) is 1.60. The summed E-state index contributed by atoms with van der Waals surface area (Å²) in [5.41, 5.74) is 2.41. The fraction of sp³-hybridized carbons (Fsp3) is 0.235. The van der Waals surface area contributed by atoms with Gasteiger partial charge in [-0.2, -0.15) is 0 Å². The highest BCUT2D eigenvalue weighted by atomic mass is 32.2. The number of fused-ring (bicyclic) bond motifs is 1. The van der Waals surface area contributed by atoms with Crippen molar-refractivity contribution in [3.8, 4) is 22.8 Å². The largest absolute Gasteiger partial charge is 0.513 e. The fourth-order valence-electron chi connectivity index (χ4n) is 2.32. The number of imidazole rings is 1. The SMILES string of the molecule is CCSc1nc(-c2ccc(OC(=O)OC)c(OC)c2)cc2nccn12. The maximum atomic E-state index is 11.3. The zero-order valence-corrected chi connectivity index (χ0v) is 14.9. The predicted molar refractivity (Wildman–Crippen MR) is 94.4 cm³/mol. The van der Waals surface area contributed by atoms with Crippen LogP contribution in [0.15, 0.2) is 41.8 Å². The predicted octanol–water partition coefficient (Wildman–Crippen LogP) is 3.66. The van der Waals surface area contributed by atoms with Gasteiger partial charge in [0.15, 0.2) is 16.7 Å². The Balaban J connectivity index is 2.04. The van der Waals surface area contributed by atoms with Crippen LogP contribution in [-0.2, 0) is 4.74 Å². The van der Waals surface area contributed by atoms with Crippen molar-refractivity contribution in [2.24, 2.45) is 0 Å². The van der Waals surface area contributed by atoms with Crippen LogP contribution in [0.2, 0.25) is 0 Å². The van der Waals surface area contributed by atoms with Gasteiger partial charge in [0, 0.05) is 24.0 Å². The van der Waals surface area contributed by atoms with Crippen molar-refractivity contribution in [3.63, 3.8) is 0 Å². The van der Waals surface area contributed by atoms with Crippen LogP contribution in [-0.4, -0.2) is 40.5 Å². The lowest BCUT2D eigenvalue weighted by molar-refractivity contribution is 0.120. The average Bonchev–Trinajstić information content (AvgIpc) is 3.11. The molecule has 0 aliphatic rings. The van der Waals surface area contributed by atoms with Gasteiger partial charge in [0.25, 0.3) is 0 Å². The minimum Gasteiger partial charge on any atom is -0.493 e. The first kappa shape index (κ1) is 17.1. The van der Waals surface area contributed by atoms with E-state index in [2.05, 4.69) is 16.6 Å². The van der Waals surface area contributed by atoms with E-state index in [-0.39, 0.29) is 5.75 Å². The molecule has 3 aromatic rings. The summed E-state index contributed by atoms with van der Waals surface area (Å²) in [7, 11) is 2.76. The molecule has 0 spiro atoms. The molecular formula is C17H17N3O4S. The monoisotopic (exact) mass is 359 g/mol. The quantitative estimate of drug-likeness (QED) is 0.298. The second kappa shape index (κ2) is 7.43. The second-order valence-corrected chi connectivity index (χ2v) is 6.17. The number of thioether (sulfide) groups is 1. The van der Waals surface area contributed by atoms with Gasteiger partial charge in [-0.15, -0.1) is 0 Å². The molecule has 3 rings (SSSR count). The van der Waals surface area contributed by atoms with Gasteiger partial charge >= 0.3 is 6.16 Å². The summed E-state index contributed by atoms with van der Waals surface area (Å²) in [4.78, 5) is 20.4. The summed E-state index contributed by atoms with van der Waals surface area (Å²) in [6.07, 6.45) is 2.83. The average molecular weight is 359 g/mol. The highest BCUT2D eigenvalue weighted by Gasteiger charge is 2.14. The fourth-order valence-corrected chi connectivity index (χ4v) is 3.03. The Hall–Kier alpha value is -2.74. The number of benzene rings is 1. The van der Waals surface area contributed by atoms with Crippen LogP contribution in [0.25, 0.3) is 16.9 Å². The molecule has 130 valence electrons. The minimum atomic E-state index is -0.801. The van der Waals surface area contributed by atoms with Crippen LogP contribution in [0.1, 0.15) is 6.92 Å². The number of aromatic nitrogens is 3. The first-order chi connectivity index (χ1) is 12.2. The molecule has 0 amide bonds. The lowest BCUT2D eigenvalue weighted by Gasteiger charge is -2.11. The Labute approximate surface area is 148 Å². The maximum absolute atomic E-state index is 11.3. The molecule has 25 heavy (non-hydrogen) atoms. The summed E-state index contributed by atoms with van der Waals surface area (Å²) in [6, 6.07) is 7.12. The van der Waals surface area contributed by atoms with Crippen molar-refractivity contribution in [2.75, 3.05) is 20.0 Å². The number of rotatable bonds is 5. The molecule has 0 aliphatic carbocycles. The molecule has 2 heterocycles. The molecule has 1 aromatic carbocycles. The summed E-state index contributed by atoms with van der Waals surface area (Å²) >= 11 is 1.64. The van der Waals surface area contributed by atoms with E-state index in [1.165, 1.54) is 14.2 Å². The third-order valence-electron chi connectivity index (χ3n) is 3.45. The summed E-state index contributed by atoms with van der Waals surface area (Å²) < 4.78 is 16.8. The van der Waals surface area contributed by atoms with Crippen LogP contribution < -0.4 is 9.47 Å². The first-order valence-corrected chi connectivity index (χ1v) is 8.56. The Kier molecular flexibility index (Phi) is 5.08. The van der Waals surface area contributed by atoms with Gasteiger partial charge in [0.2, 0.25) is 0 Å². The molecule has 0 bridgehead atoms. The molecule has 0 N–H and O–H groups in total. The van der Waals surface area contributed by atoms with Crippen molar-refractivity contribution < 1.29 is 19.0 Å². The first-order valence-electron chi connectivity index (χ1n) is 7.57. The van der Waals surface area contributed by atoms with Crippen molar-refractivity contribution in [3.05, 3.63) is 36.7 Å². The molecular weight excluding hydrogens is 342 g/mol. The lowest BCUT2D eigenvalue weighted by atomic mass is 10.1. The van der Waals surface area contributed by atoms with Gasteiger partial charge in [0.1, 0.15) is 5.65 Å². The third kappa shape index (κ3) is 3.53. The van der Waals surface area contributed by atoms with Gasteiger partial charge in [0.05, 0.1) is 19.9 Å². The van der Waals surface area contributed by atoms with Crippen LogP contribution in [0.4, 0.5) is 4.79 Å². The molecule has 8 heteroatoms. The molecule has 0 saturated carbocycles. The lowest BCUT2D eigenvalue weighted by Crippen LogP contribution is -2.08. The Morgan fingerprint density at radius 2 is 2.08 bits per heavy atom. The van der Waals surface area contributed by atoms with Crippen LogP contribution in [0.5, 0.6) is 11.5 Å². The number of nitrogens with zero attached hydrogens (tertiary/aromatic N) is 3. The summed E-state index contributed by atoms with van der Waals surface area (Å²) in [6.45, 7) is 2.07. The van der Waals surface area contributed by atoms with E-state index in [1.807, 2.05) is 22.7 Å². The molecule has 0 atom stereocenters. The number of carbonyl (C=O) groups excluding carboxylic acids is 1. The third-order valence-corrected chi connectivity index (χ3v) is 4.29. The van der Waals surface area contributed by atoms with Crippen molar-refractivity contribution in [2.45, 2.75) is 12.1 Å². The van der Waals surface area contributed by atoms with E-state index in [0.717, 1.165) is 27.8 Å². The highest BCUT2D eigenvalue weighted by Crippen LogP contribution is 2.33. The molecule has 7 nitrogen and oxygen atoms in total. The molecule has 0 unspecified atom stereocenters. The van der Waals surface area contributed by atoms with Gasteiger partial charge in [-0.3, -0.25) is 4.40 Å². The number of methoxy groups -OCH3 is 2. The van der Waals surface area contributed by atoms with Crippen LogP contribution in [0, 0.1) is 0 Å². The smallest absolute Gasteiger partial charge is 0.493 e. The van der Waals surface area contributed by atoms with Crippen molar-refractivity contribution >= 4 is 23.6 Å². The van der Waals surface area contributed by atoms with E-state index < -0.39 is 6.16 Å².